The van der Waals surface area contributed by atoms with Gasteiger partial charge in [-0.05, 0) is 17.7 Å². The Balaban J connectivity index is 2.42. The Hall–Kier alpha value is -2.24. The van der Waals surface area contributed by atoms with Crippen molar-refractivity contribution in [2.24, 2.45) is 0 Å². The van der Waals surface area contributed by atoms with Crippen LogP contribution in [0.15, 0.2) is 24.3 Å². The molecule has 0 unspecified atom stereocenters. The van der Waals surface area contributed by atoms with E-state index in [9.17, 15) is 14.3 Å². The van der Waals surface area contributed by atoms with Crippen molar-refractivity contribution >= 4 is 5.97 Å². The summed E-state index contributed by atoms with van der Waals surface area (Å²) in [6.07, 6.45) is 0. The normalized spacial score (nSPS) is 11.6. The third kappa shape index (κ3) is 2.84. The summed E-state index contributed by atoms with van der Waals surface area (Å²) in [6, 6.07) is 6.01. The van der Waals surface area contributed by atoms with Crippen molar-refractivity contribution in [1.29, 1.82) is 0 Å². The van der Waals surface area contributed by atoms with Gasteiger partial charge in [-0.25, -0.2) is 13.9 Å². The van der Waals surface area contributed by atoms with E-state index >= 15 is 0 Å². The predicted molar refractivity (Wildman–Crippen MR) is 71.2 cm³/mol. The first-order valence-corrected chi connectivity index (χ1v) is 6.21. The molecule has 0 amide bonds. The van der Waals surface area contributed by atoms with Crippen LogP contribution in [0.2, 0.25) is 0 Å². The van der Waals surface area contributed by atoms with E-state index in [-0.39, 0.29) is 11.5 Å². The van der Waals surface area contributed by atoms with Crippen molar-refractivity contribution in [2.75, 3.05) is 0 Å². The highest BCUT2D eigenvalue weighted by Crippen LogP contribution is 2.25. The van der Waals surface area contributed by atoms with Crippen molar-refractivity contribution in [1.82, 2.24) is 15.0 Å². The number of halogens is 1. The average Bonchev–Trinajstić information content (AvgIpc) is 2.76. The second-order valence-electron chi connectivity index (χ2n) is 5.63. The standard InChI is InChI=1S/C14H16FN3O2/c1-14(2,3)12-11(13(19)20)16-17-18(12)8-9-4-6-10(15)7-5-9/h4-7H,8H2,1-3H3,(H,19,20). The van der Waals surface area contributed by atoms with E-state index in [2.05, 4.69) is 10.3 Å². The number of carboxylic acid groups (broad SMARTS) is 1. The molecule has 0 aliphatic rings. The van der Waals surface area contributed by atoms with E-state index in [4.69, 9.17) is 0 Å². The van der Waals surface area contributed by atoms with Gasteiger partial charge in [0.1, 0.15) is 5.82 Å². The second kappa shape index (κ2) is 5.03. The minimum atomic E-state index is -1.10. The molecule has 20 heavy (non-hydrogen) atoms. The smallest absolute Gasteiger partial charge is 0.358 e. The first-order chi connectivity index (χ1) is 9.29. The van der Waals surface area contributed by atoms with Gasteiger partial charge < -0.3 is 5.11 Å². The maximum absolute atomic E-state index is 12.9. The van der Waals surface area contributed by atoms with Crippen LogP contribution in [0.5, 0.6) is 0 Å². The van der Waals surface area contributed by atoms with Gasteiger partial charge in [-0.3, -0.25) is 0 Å². The monoisotopic (exact) mass is 277 g/mol. The summed E-state index contributed by atoms with van der Waals surface area (Å²) in [6.45, 7) is 6.06. The molecule has 0 aliphatic carbocycles. The molecule has 0 spiro atoms. The molecule has 1 N–H and O–H groups in total. The molecule has 5 nitrogen and oxygen atoms in total. The van der Waals surface area contributed by atoms with Crippen LogP contribution in [0.1, 0.15) is 42.5 Å². The summed E-state index contributed by atoms with van der Waals surface area (Å²) in [4.78, 5) is 11.2. The lowest BCUT2D eigenvalue weighted by molar-refractivity contribution is 0.0687. The van der Waals surface area contributed by atoms with Crippen molar-refractivity contribution in [3.8, 4) is 0 Å². The molecule has 2 rings (SSSR count). The Morgan fingerprint density at radius 3 is 2.40 bits per heavy atom. The van der Waals surface area contributed by atoms with Crippen LogP contribution >= 0.6 is 0 Å². The number of rotatable bonds is 3. The third-order valence-electron chi connectivity index (χ3n) is 2.89. The molecule has 0 fully saturated rings. The van der Waals surface area contributed by atoms with Crippen LogP contribution in [-0.4, -0.2) is 26.1 Å². The van der Waals surface area contributed by atoms with Gasteiger partial charge in [-0.15, -0.1) is 5.10 Å². The van der Waals surface area contributed by atoms with E-state index < -0.39 is 11.4 Å². The number of hydrogen-bond acceptors (Lipinski definition) is 3. The second-order valence-corrected chi connectivity index (χ2v) is 5.63. The maximum Gasteiger partial charge on any atom is 0.358 e. The summed E-state index contributed by atoms with van der Waals surface area (Å²) in [5, 5.41) is 16.8. The summed E-state index contributed by atoms with van der Waals surface area (Å²) >= 11 is 0. The summed E-state index contributed by atoms with van der Waals surface area (Å²) < 4.78 is 14.4. The molecule has 1 heterocycles. The molecule has 0 saturated carbocycles. The van der Waals surface area contributed by atoms with Crippen molar-refractivity contribution in [2.45, 2.75) is 32.7 Å². The fourth-order valence-corrected chi connectivity index (χ4v) is 2.07. The van der Waals surface area contributed by atoms with Crippen LogP contribution < -0.4 is 0 Å². The van der Waals surface area contributed by atoms with Crippen molar-refractivity contribution in [3.05, 3.63) is 47.0 Å². The quantitative estimate of drug-likeness (QED) is 0.935. The van der Waals surface area contributed by atoms with Gasteiger partial charge in [0.25, 0.3) is 0 Å². The lowest BCUT2D eigenvalue weighted by atomic mass is 9.90. The minimum absolute atomic E-state index is 0.0420. The Kier molecular flexibility index (Phi) is 3.57. The van der Waals surface area contributed by atoms with Crippen LogP contribution in [-0.2, 0) is 12.0 Å². The first-order valence-electron chi connectivity index (χ1n) is 6.21. The van der Waals surface area contributed by atoms with Crippen molar-refractivity contribution in [3.63, 3.8) is 0 Å². The van der Waals surface area contributed by atoms with E-state index in [1.54, 1.807) is 16.8 Å². The number of aromatic nitrogens is 3. The van der Waals surface area contributed by atoms with Gasteiger partial charge in [0.15, 0.2) is 5.69 Å². The first kappa shape index (κ1) is 14.2. The van der Waals surface area contributed by atoms with Gasteiger partial charge in [0.2, 0.25) is 0 Å². The van der Waals surface area contributed by atoms with Crippen LogP contribution in [0, 0.1) is 5.82 Å². The molecule has 6 heteroatoms. The molecule has 0 atom stereocenters. The Bertz CT molecular complexity index is 627. The molecule has 2 aromatic rings. The molecular formula is C14H16FN3O2. The Morgan fingerprint density at radius 1 is 1.30 bits per heavy atom. The van der Waals surface area contributed by atoms with Gasteiger partial charge in [0, 0.05) is 5.41 Å². The molecule has 1 aromatic carbocycles. The molecule has 0 aliphatic heterocycles. The highest BCUT2D eigenvalue weighted by Gasteiger charge is 2.28. The average molecular weight is 277 g/mol. The summed E-state index contributed by atoms with van der Waals surface area (Å²) in [5.74, 6) is -1.41. The van der Waals surface area contributed by atoms with Crippen LogP contribution in [0.3, 0.4) is 0 Å². The molecule has 0 bridgehead atoms. The predicted octanol–water partition coefficient (Wildman–Crippen LogP) is 2.46. The number of benzene rings is 1. The van der Waals surface area contributed by atoms with Gasteiger partial charge in [-0.1, -0.05) is 38.1 Å². The molecule has 106 valence electrons. The van der Waals surface area contributed by atoms with Crippen LogP contribution in [0.4, 0.5) is 4.39 Å². The number of carboxylic acids is 1. The summed E-state index contributed by atoms with van der Waals surface area (Å²) in [5.41, 5.74) is 0.935. The van der Waals surface area contributed by atoms with Gasteiger partial charge in [-0.2, -0.15) is 0 Å². The molecule has 0 radical (unpaired) electrons. The van der Waals surface area contributed by atoms with E-state index in [1.165, 1.54) is 12.1 Å². The molecule has 0 saturated heterocycles. The third-order valence-corrected chi connectivity index (χ3v) is 2.89. The topological polar surface area (TPSA) is 68.0 Å². The van der Waals surface area contributed by atoms with E-state index in [0.717, 1.165) is 5.56 Å². The van der Waals surface area contributed by atoms with Crippen LogP contribution in [0.25, 0.3) is 0 Å². The number of carbonyl (C=O) groups is 1. The van der Waals surface area contributed by atoms with Crippen molar-refractivity contribution < 1.29 is 14.3 Å². The number of hydrogen-bond donors (Lipinski definition) is 1. The lowest BCUT2D eigenvalue weighted by Gasteiger charge is -2.20. The Labute approximate surface area is 116 Å². The van der Waals surface area contributed by atoms with Gasteiger partial charge >= 0.3 is 5.97 Å². The molecule has 1 aromatic heterocycles. The minimum Gasteiger partial charge on any atom is -0.476 e. The highest BCUT2D eigenvalue weighted by molar-refractivity contribution is 5.86. The van der Waals surface area contributed by atoms with E-state index in [1.807, 2.05) is 20.8 Å². The SMILES string of the molecule is CC(C)(C)c1c(C(=O)O)nnn1Cc1ccc(F)cc1. The fraction of sp³-hybridized carbons (Fsp3) is 0.357. The highest BCUT2D eigenvalue weighted by atomic mass is 19.1. The fourth-order valence-electron chi connectivity index (χ4n) is 2.07. The largest absolute Gasteiger partial charge is 0.476 e. The zero-order chi connectivity index (χ0) is 14.9. The lowest BCUT2D eigenvalue weighted by Crippen LogP contribution is -2.22. The summed E-state index contributed by atoms with van der Waals surface area (Å²) in [7, 11) is 0. The zero-order valence-corrected chi connectivity index (χ0v) is 11.6. The van der Waals surface area contributed by atoms with E-state index in [0.29, 0.717) is 12.2 Å². The molecular weight excluding hydrogens is 261 g/mol. The van der Waals surface area contributed by atoms with Gasteiger partial charge in [0.05, 0.1) is 12.2 Å². The zero-order valence-electron chi connectivity index (χ0n) is 11.6. The number of aromatic carboxylic acids is 1. The Morgan fingerprint density at radius 2 is 1.90 bits per heavy atom. The number of nitrogens with zero attached hydrogens (tertiary/aromatic N) is 3. The maximum atomic E-state index is 12.9.